The van der Waals surface area contributed by atoms with Gasteiger partial charge in [-0.2, -0.15) is 5.10 Å². The number of hydrazone groups is 1. The van der Waals surface area contributed by atoms with E-state index in [1.165, 1.54) is 6.07 Å². The average Bonchev–Trinajstić information content (AvgIpc) is 2.89. The summed E-state index contributed by atoms with van der Waals surface area (Å²) >= 11 is 0. The predicted octanol–water partition coefficient (Wildman–Crippen LogP) is 2.97. The quantitative estimate of drug-likeness (QED) is 0.867. The van der Waals surface area contributed by atoms with Gasteiger partial charge in [-0.3, -0.25) is 0 Å². The maximum atomic E-state index is 13.7. The molecular formula is C15H13FN2O. The fourth-order valence-electron chi connectivity index (χ4n) is 2.27. The molecule has 0 unspecified atom stereocenters. The van der Waals surface area contributed by atoms with E-state index in [1.54, 1.807) is 36.4 Å². The molecule has 1 aliphatic heterocycles. The van der Waals surface area contributed by atoms with Crippen LogP contribution in [-0.4, -0.2) is 10.8 Å². The number of phenolic OH excluding ortho intramolecular Hbond substituents is 1. The molecule has 0 bridgehead atoms. The number of benzene rings is 2. The first-order valence-electron chi connectivity index (χ1n) is 6.10. The van der Waals surface area contributed by atoms with Crippen molar-refractivity contribution in [1.82, 2.24) is 5.43 Å². The molecule has 96 valence electrons. The lowest BCUT2D eigenvalue weighted by Crippen LogP contribution is -2.11. The van der Waals surface area contributed by atoms with Crippen molar-refractivity contribution >= 4 is 5.71 Å². The van der Waals surface area contributed by atoms with Crippen LogP contribution in [0.2, 0.25) is 0 Å². The average molecular weight is 256 g/mol. The Morgan fingerprint density at radius 3 is 2.63 bits per heavy atom. The van der Waals surface area contributed by atoms with Crippen molar-refractivity contribution < 1.29 is 9.50 Å². The van der Waals surface area contributed by atoms with Crippen molar-refractivity contribution in [3.05, 3.63) is 65.5 Å². The number of hydrogen-bond acceptors (Lipinski definition) is 3. The van der Waals surface area contributed by atoms with Crippen LogP contribution in [0.5, 0.6) is 5.75 Å². The topological polar surface area (TPSA) is 44.6 Å². The summed E-state index contributed by atoms with van der Waals surface area (Å²) in [5, 5.41) is 14.0. The minimum atomic E-state index is -0.242. The summed E-state index contributed by atoms with van der Waals surface area (Å²) in [5.74, 6) is -0.0500. The molecule has 2 aromatic carbocycles. The Balaban J connectivity index is 1.85. The number of para-hydroxylation sites is 1. The number of hydrogen-bond donors (Lipinski definition) is 2. The maximum Gasteiger partial charge on any atom is 0.128 e. The van der Waals surface area contributed by atoms with Gasteiger partial charge in [0.2, 0.25) is 0 Å². The minimum Gasteiger partial charge on any atom is -0.507 e. The Kier molecular flexibility index (Phi) is 2.91. The van der Waals surface area contributed by atoms with Crippen LogP contribution in [0.15, 0.2) is 53.6 Å². The van der Waals surface area contributed by atoms with E-state index < -0.39 is 0 Å². The highest BCUT2D eigenvalue weighted by Gasteiger charge is 2.24. The SMILES string of the molecule is Oc1ccccc1C1=NN[C@@H](c2ccccc2F)C1. The smallest absolute Gasteiger partial charge is 0.128 e. The molecule has 0 fully saturated rings. The van der Waals surface area contributed by atoms with Gasteiger partial charge >= 0.3 is 0 Å². The third kappa shape index (κ3) is 2.17. The van der Waals surface area contributed by atoms with Crippen LogP contribution in [0.4, 0.5) is 4.39 Å². The van der Waals surface area contributed by atoms with Crippen molar-refractivity contribution in [2.75, 3.05) is 0 Å². The lowest BCUT2D eigenvalue weighted by atomic mass is 9.98. The Bertz CT molecular complexity index is 640. The highest BCUT2D eigenvalue weighted by atomic mass is 19.1. The molecule has 0 radical (unpaired) electrons. The van der Waals surface area contributed by atoms with Gasteiger partial charge in [0.15, 0.2) is 0 Å². The zero-order valence-corrected chi connectivity index (χ0v) is 10.2. The molecule has 2 aromatic rings. The van der Waals surface area contributed by atoms with Crippen LogP contribution in [0.3, 0.4) is 0 Å². The van der Waals surface area contributed by atoms with Crippen LogP contribution in [-0.2, 0) is 0 Å². The molecule has 19 heavy (non-hydrogen) atoms. The third-order valence-electron chi connectivity index (χ3n) is 3.25. The number of phenols is 1. The first kappa shape index (κ1) is 11.7. The maximum absolute atomic E-state index is 13.7. The monoisotopic (exact) mass is 256 g/mol. The van der Waals surface area contributed by atoms with Crippen molar-refractivity contribution in [2.45, 2.75) is 12.5 Å². The third-order valence-corrected chi connectivity index (χ3v) is 3.25. The van der Waals surface area contributed by atoms with Gasteiger partial charge in [0, 0.05) is 17.5 Å². The van der Waals surface area contributed by atoms with Crippen LogP contribution in [0.1, 0.15) is 23.6 Å². The second-order valence-electron chi connectivity index (χ2n) is 4.48. The van der Waals surface area contributed by atoms with Gasteiger partial charge in [-0.1, -0.05) is 30.3 Å². The lowest BCUT2D eigenvalue weighted by Gasteiger charge is -2.11. The number of rotatable bonds is 2. The highest BCUT2D eigenvalue weighted by Crippen LogP contribution is 2.28. The Morgan fingerprint density at radius 1 is 1.11 bits per heavy atom. The highest BCUT2D eigenvalue weighted by molar-refractivity contribution is 6.03. The van der Waals surface area contributed by atoms with Gasteiger partial charge in [-0.05, 0) is 18.2 Å². The molecule has 1 heterocycles. The molecule has 3 rings (SSSR count). The van der Waals surface area contributed by atoms with Crippen LogP contribution in [0, 0.1) is 5.82 Å². The number of nitrogens with zero attached hydrogens (tertiary/aromatic N) is 1. The Hall–Kier alpha value is -2.36. The van der Waals surface area contributed by atoms with Crippen LogP contribution >= 0.6 is 0 Å². The second kappa shape index (κ2) is 4.72. The summed E-state index contributed by atoms with van der Waals surface area (Å²) in [5.41, 5.74) is 4.95. The van der Waals surface area contributed by atoms with Crippen molar-refractivity contribution in [2.24, 2.45) is 5.10 Å². The number of halogens is 1. The number of aromatic hydroxyl groups is 1. The first-order chi connectivity index (χ1) is 9.25. The molecule has 0 spiro atoms. The molecule has 0 aromatic heterocycles. The summed E-state index contributed by atoms with van der Waals surface area (Å²) in [4.78, 5) is 0. The van der Waals surface area contributed by atoms with E-state index >= 15 is 0 Å². The van der Waals surface area contributed by atoms with Gasteiger partial charge in [-0.15, -0.1) is 0 Å². The van der Waals surface area contributed by atoms with Gasteiger partial charge in [-0.25, -0.2) is 4.39 Å². The normalized spacial score (nSPS) is 17.9. The standard InChI is InChI=1S/C15H13FN2O/c16-12-7-3-1-5-10(12)13-9-14(18-17-13)11-6-2-4-8-15(11)19/h1-8,13,17,19H,9H2/t13-/m1/s1. The van der Waals surface area contributed by atoms with Crippen molar-refractivity contribution in [3.8, 4) is 5.75 Å². The molecule has 4 heteroatoms. The van der Waals surface area contributed by atoms with E-state index in [0.29, 0.717) is 17.5 Å². The van der Waals surface area contributed by atoms with Gasteiger partial charge in [0.25, 0.3) is 0 Å². The fourth-order valence-corrected chi connectivity index (χ4v) is 2.27. The molecule has 1 atom stereocenters. The van der Waals surface area contributed by atoms with E-state index in [-0.39, 0.29) is 17.6 Å². The largest absolute Gasteiger partial charge is 0.507 e. The zero-order chi connectivity index (χ0) is 13.2. The van der Waals surface area contributed by atoms with Gasteiger partial charge in [0.05, 0.1) is 11.8 Å². The molecule has 0 aliphatic carbocycles. The van der Waals surface area contributed by atoms with Gasteiger partial charge in [0.1, 0.15) is 11.6 Å². The fraction of sp³-hybridized carbons (Fsp3) is 0.133. The molecule has 3 nitrogen and oxygen atoms in total. The predicted molar refractivity (Wildman–Crippen MR) is 71.5 cm³/mol. The zero-order valence-electron chi connectivity index (χ0n) is 10.2. The summed E-state index contributed by atoms with van der Waals surface area (Å²) in [6.45, 7) is 0. The van der Waals surface area contributed by atoms with Gasteiger partial charge < -0.3 is 10.5 Å². The van der Waals surface area contributed by atoms with Crippen LogP contribution < -0.4 is 5.43 Å². The van der Waals surface area contributed by atoms with Crippen molar-refractivity contribution in [1.29, 1.82) is 0 Å². The Labute approximate surface area is 110 Å². The van der Waals surface area contributed by atoms with Crippen LogP contribution in [0.25, 0.3) is 0 Å². The molecule has 1 aliphatic rings. The van der Waals surface area contributed by atoms with E-state index in [2.05, 4.69) is 10.5 Å². The molecule has 0 saturated carbocycles. The van der Waals surface area contributed by atoms with E-state index in [1.807, 2.05) is 6.07 Å². The lowest BCUT2D eigenvalue weighted by molar-refractivity contribution is 0.474. The summed E-state index contributed by atoms with van der Waals surface area (Å²) in [7, 11) is 0. The molecule has 2 N–H and O–H groups in total. The second-order valence-corrected chi connectivity index (χ2v) is 4.48. The number of nitrogens with one attached hydrogen (secondary N) is 1. The van der Waals surface area contributed by atoms with E-state index in [4.69, 9.17) is 0 Å². The molecule has 0 amide bonds. The molecule has 0 saturated heterocycles. The first-order valence-corrected chi connectivity index (χ1v) is 6.10. The summed E-state index contributed by atoms with van der Waals surface area (Å²) in [6.07, 6.45) is 0.554. The summed E-state index contributed by atoms with van der Waals surface area (Å²) < 4.78 is 13.7. The molecular weight excluding hydrogens is 243 g/mol. The summed E-state index contributed by atoms with van der Waals surface area (Å²) in [6, 6.07) is 13.5. The van der Waals surface area contributed by atoms with Crippen molar-refractivity contribution in [3.63, 3.8) is 0 Å². The van der Waals surface area contributed by atoms with E-state index in [9.17, 15) is 9.50 Å². The Morgan fingerprint density at radius 2 is 1.84 bits per heavy atom. The van der Waals surface area contributed by atoms with E-state index in [0.717, 1.165) is 5.71 Å². The minimum absolute atomic E-state index is 0.184.